The summed E-state index contributed by atoms with van der Waals surface area (Å²) in [6, 6.07) is 2.99. The normalized spacial score (nSPS) is 10.8. The smallest absolute Gasteiger partial charge is 0.335 e. The average molecular weight is 232 g/mol. The number of pyridine rings is 1. The minimum atomic E-state index is -0.949. The molecule has 0 unspecified atom stereocenters. The van der Waals surface area contributed by atoms with Gasteiger partial charge in [0.05, 0.1) is 16.8 Å². The fourth-order valence-electron chi connectivity index (χ4n) is 1.15. The molecule has 0 radical (unpaired) electrons. The number of aromatic carboxylic acids is 1. The second-order valence-electron chi connectivity index (χ2n) is 3.01. The standard InChI is InChI=1S/C11H8N2O2S/c14-11(15)8-3-4-13-9(5-8)1-2-10-6-12-7-16-10/h1-7H,(H,14,15). The Labute approximate surface area is 95.9 Å². The molecule has 16 heavy (non-hydrogen) atoms. The van der Waals surface area contributed by atoms with Gasteiger partial charge in [-0.15, -0.1) is 11.3 Å². The Morgan fingerprint density at radius 3 is 3.00 bits per heavy atom. The Morgan fingerprint density at radius 1 is 1.44 bits per heavy atom. The first-order chi connectivity index (χ1) is 7.75. The Morgan fingerprint density at radius 2 is 2.31 bits per heavy atom. The molecule has 4 nitrogen and oxygen atoms in total. The highest BCUT2D eigenvalue weighted by molar-refractivity contribution is 7.10. The van der Waals surface area contributed by atoms with E-state index in [9.17, 15) is 4.79 Å². The molecule has 0 amide bonds. The molecule has 2 heterocycles. The Kier molecular flexibility index (Phi) is 3.07. The van der Waals surface area contributed by atoms with Crippen molar-refractivity contribution < 1.29 is 9.90 Å². The van der Waals surface area contributed by atoms with Crippen LogP contribution in [-0.2, 0) is 0 Å². The summed E-state index contributed by atoms with van der Waals surface area (Å²) in [5.74, 6) is -0.949. The van der Waals surface area contributed by atoms with Crippen LogP contribution >= 0.6 is 11.3 Å². The lowest BCUT2D eigenvalue weighted by Gasteiger charge is -1.95. The maximum atomic E-state index is 10.7. The zero-order chi connectivity index (χ0) is 11.4. The van der Waals surface area contributed by atoms with Crippen LogP contribution in [0.2, 0.25) is 0 Å². The van der Waals surface area contributed by atoms with E-state index in [0.717, 1.165) is 4.88 Å². The molecule has 80 valence electrons. The van der Waals surface area contributed by atoms with Crippen LogP contribution in [0, 0.1) is 0 Å². The van der Waals surface area contributed by atoms with E-state index in [-0.39, 0.29) is 5.56 Å². The zero-order valence-corrected chi connectivity index (χ0v) is 9.02. The molecule has 0 aromatic carbocycles. The van der Waals surface area contributed by atoms with E-state index in [1.165, 1.54) is 29.7 Å². The molecule has 0 fully saturated rings. The van der Waals surface area contributed by atoms with E-state index >= 15 is 0 Å². The second kappa shape index (κ2) is 4.67. The predicted octanol–water partition coefficient (Wildman–Crippen LogP) is 2.41. The van der Waals surface area contributed by atoms with Gasteiger partial charge in [0.2, 0.25) is 0 Å². The number of aromatic nitrogens is 2. The van der Waals surface area contributed by atoms with E-state index < -0.39 is 5.97 Å². The van der Waals surface area contributed by atoms with Crippen molar-refractivity contribution in [3.05, 3.63) is 46.2 Å². The number of carboxylic acids is 1. The van der Waals surface area contributed by atoms with Gasteiger partial charge < -0.3 is 5.11 Å². The second-order valence-corrected chi connectivity index (χ2v) is 3.93. The van der Waals surface area contributed by atoms with Gasteiger partial charge in [0, 0.05) is 17.3 Å². The van der Waals surface area contributed by atoms with Crippen molar-refractivity contribution in [1.82, 2.24) is 9.97 Å². The van der Waals surface area contributed by atoms with Crippen molar-refractivity contribution >= 4 is 29.5 Å². The van der Waals surface area contributed by atoms with Gasteiger partial charge in [0.1, 0.15) is 0 Å². The molecule has 0 spiro atoms. The summed E-state index contributed by atoms with van der Waals surface area (Å²) in [6.45, 7) is 0. The molecular formula is C11H8N2O2S. The highest BCUT2D eigenvalue weighted by Crippen LogP contribution is 2.11. The van der Waals surface area contributed by atoms with E-state index in [1.807, 2.05) is 6.08 Å². The van der Waals surface area contributed by atoms with Gasteiger partial charge in [-0.1, -0.05) is 0 Å². The molecule has 2 rings (SSSR count). The molecule has 2 aromatic heterocycles. The molecule has 0 saturated carbocycles. The lowest BCUT2D eigenvalue weighted by molar-refractivity contribution is 0.0696. The third-order valence-electron chi connectivity index (χ3n) is 1.90. The molecule has 0 aliphatic rings. The summed E-state index contributed by atoms with van der Waals surface area (Å²) in [4.78, 5) is 19.7. The summed E-state index contributed by atoms with van der Waals surface area (Å²) >= 11 is 1.51. The van der Waals surface area contributed by atoms with Gasteiger partial charge in [0.15, 0.2) is 0 Å². The van der Waals surface area contributed by atoms with Crippen LogP contribution in [0.3, 0.4) is 0 Å². The fourth-order valence-corrected chi connectivity index (χ4v) is 1.66. The lowest BCUT2D eigenvalue weighted by Crippen LogP contribution is -1.96. The van der Waals surface area contributed by atoms with Crippen LogP contribution in [0.1, 0.15) is 20.9 Å². The highest BCUT2D eigenvalue weighted by Gasteiger charge is 2.01. The Balaban J connectivity index is 2.22. The molecule has 0 bridgehead atoms. The third kappa shape index (κ3) is 2.52. The minimum Gasteiger partial charge on any atom is -0.478 e. The molecule has 0 atom stereocenters. The van der Waals surface area contributed by atoms with E-state index in [1.54, 1.807) is 17.8 Å². The number of rotatable bonds is 3. The van der Waals surface area contributed by atoms with E-state index in [2.05, 4.69) is 9.97 Å². The van der Waals surface area contributed by atoms with Crippen molar-refractivity contribution in [1.29, 1.82) is 0 Å². The third-order valence-corrected chi connectivity index (χ3v) is 2.64. The van der Waals surface area contributed by atoms with Gasteiger partial charge in [-0.3, -0.25) is 9.97 Å². The Hall–Kier alpha value is -2.01. The van der Waals surface area contributed by atoms with Gasteiger partial charge >= 0.3 is 5.97 Å². The number of nitrogens with zero attached hydrogens (tertiary/aromatic N) is 2. The van der Waals surface area contributed by atoms with Crippen LogP contribution in [-0.4, -0.2) is 21.0 Å². The molecule has 0 aliphatic carbocycles. The number of thiazole rings is 1. The molecule has 5 heteroatoms. The zero-order valence-electron chi connectivity index (χ0n) is 8.20. The quantitative estimate of drug-likeness (QED) is 0.882. The fraction of sp³-hybridized carbons (Fsp3) is 0. The van der Waals surface area contributed by atoms with Gasteiger partial charge in [-0.2, -0.15) is 0 Å². The van der Waals surface area contributed by atoms with Crippen LogP contribution in [0.25, 0.3) is 12.2 Å². The first-order valence-electron chi connectivity index (χ1n) is 4.51. The Bertz CT molecular complexity index is 521. The molecular weight excluding hydrogens is 224 g/mol. The monoisotopic (exact) mass is 232 g/mol. The van der Waals surface area contributed by atoms with Crippen LogP contribution in [0.4, 0.5) is 0 Å². The lowest BCUT2D eigenvalue weighted by atomic mass is 10.2. The minimum absolute atomic E-state index is 0.235. The number of carbonyl (C=O) groups is 1. The van der Waals surface area contributed by atoms with Crippen LogP contribution in [0.5, 0.6) is 0 Å². The summed E-state index contributed by atoms with van der Waals surface area (Å²) in [5, 5.41) is 8.80. The first-order valence-corrected chi connectivity index (χ1v) is 5.39. The van der Waals surface area contributed by atoms with Crippen LogP contribution < -0.4 is 0 Å². The largest absolute Gasteiger partial charge is 0.478 e. The molecule has 0 aliphatic heterocycles. The topological polar surface area (TPSA) is 63.1 Å². The summed E-state index contributed by atoms with van der Waals surface area (Å²) in [5.41, 5.74) is 2.59. The molecule has 2 aromatic rings. The van der Waals surface area contributed by atoms with Gasteiger partial charge in [-0.25, -0.2) is 4.79 Å². The van der Waals surface area contributed by atoms with Crippen molar-refractivity contribution in [2.75, 3.05) is 0 Å². The maximum Gasteiger partial charge on any atom is 0.335 e. The van der Waals surface area contributed by atoms with Crippen molar-refractivity contribution in [2.45, 2.75) is 0 Å². The average Bonchev–Trinajstić information content (AvgIpc) is 2.79. The van der Waals surface area contributed by atoms with Gasteiger partial charge in [-0.05, 0) is 24.3 Å². The molecule has 1 N–H and O–H groups in total. The highest BCUT2D eigenvalue weighted by atomic mass is 32.1. The van der Waals surface area contributed by atoms with E-state index in [4.69, 9.17) is 5.11 Å². The summed E-state index contributed by atoms with van der Waals surface area (Å²) in [7, 11) is 0. The number of hydrogen-bond acceptors (Lipinski definition) is 4. The first kappa shape index (κ1) is 10.5. The van der Waals surface area contributed by atoms with Crippen LogP contribution in [0.15, 0.2) is 30.0 Å². The maximum absolute atomic E-state index is 10.7. The molecule has 0 saturated heterocycles. The summed E-state index contributed by atoms with van der Waals surface area (Å²) in [6.07, 6.45) is 6.84. The summed E-state index contributed by atoms with van der Waals surface area (Å²) < 4.78 is 0. The van der Waals surface area contributed by atoms with Crippen molar-refractivity contribution in [2.24, 2.45) is 0 Å². The number of hydrogen-bond donors (Lipinski definition) is 1. The van der Waals surface area contributed by atoms with Gasteiger partial charge in [0.25, 0.3) is 0 Å². The number of carboxylic acid groups (broad SMARTS) is 1. The van der Waals surface area contributed by atoms with Crippen molar-refractivity contribution in [3.8, 4) is 0 Å². The van der Waals surface area contributed by atoms with Crippen molar-refractivity contribution in [3.63, 3.8) is 0 Å². The van der Waals surface area contributed by atoms with E-state index in [0.29, 0.717) is 5.69 Å². The predicted molar refractivity (Wildman–Crippen MR) is 62.2 cm³/mol. The SMILES string of the molecule is O=C(O)c1ccnc(C=Cc2cncs2)c1.